The average molecular weight is 355 g/mol. The van der Waals surface area contributed by atoms with E-state index < -0.39 is 32.9 Å². The standard InChI is InChI=1S/C18H30O5Si/c1-18(2,3)24(4,5)22-12-14-15(19)16(17(20)23-14)21-11-13-9-7-6-8-10-13/h6-10,14-17,19-20H,11-12H2,1-5H3/t14-,15+,16-,17-/m1/s1. The molecule has 136 valence electrons. The summed E-state index contributed by atoms with van der Waals surface area (Å²) in [6.07, 6.45) is -3.39. The number of hydrogen-bond donors (Lipinski definition) is 2. The molecule has 0 saturated carbocycles. The summed E-state index contributed by atoms with van der Waals surface area (Å²) in [7, 11) is -1.93. The molecule has 1 fully saturated rings. The SMILES string of the molecule is CC(C)(C)[Si](C)(C)OC[C@H]1O[C@@H](O)[C@H](OCc2ccccc2)[C@H]1O. The van der Waals surface area contributed by atoms with Crippen molar-refractivity contribution in [2.75, 3.05) is 6.61 Å². The van der Waals surface area contributed by atoms with E-state index >= 15 is 0 Å². The molecule has 2 rings (SSSR count). The molecule has 1 heterocycles. The molecule has 0 amide bonds. The lowest BCUT2D eigenvalue weighted by atomic mass is 10.1. The van der Waals surface area contributed by atoms with Crippen LogP contribution in [0.4, 0.5) is 0 Å². The van der Waals surface area contributed by atoms with E-state index in [0.717, 1.165) is 5.56 Å². The number of aliphatic hydroxyl groups is 2. The Bertz CT molecular complexity index is 514. The number of benzene rings is 1. The Labute approximate surface area is 145 Å². The predicted octanol–water partition coefficient (Wildman–Crippen LogP) is 2.67. The van der Waals surface area contributed by atoms with Crippen LogP contribution in [0, 0.1) is 0 Å². The summed E-state index contributed by atoms with van der Waals surface area (Å²) in [4.78, 5) is 0. The van der Waals surface area contributed by atoms with Gasteiger partial charge in [-0.15, -0.1) is 0 Å². The summed E-state index contributed by atoms with van der Waals surface area (Å²) in [6, 6.07) is 9.65. The molecule has 1 aliphatic rings. The molecule has 1 saturated heterocycles. The topological polar surface area (TPSA) is 68.2 Å². The van der Waals surface area contributed by atoms with Crippen LogP contribution >= 0.6 is 0 Å². The molecule has 1 aromatic carbocycles. The lowest BCUT2D eigenvalue weighted by Gasteiger charge is -2.37. The van der Waals surface area contributed by atoms with Crippen LogP contribution in [0.1, 0.15) is 26.3 Å². The Kier molecular flexibility index (Phi) is 6.22. The second-order valence-corrected chi connectivity index (χ2v) is 12.7. The first kappa shape index (κ1) is 19.6. The van der Waals surface area contributed by atoms with Crippen molar-refractivity contribution in [1.82, 2.24) is 0 Å². The van der Waals surface area contributed by atoms with Gasteiger partial charge < -0.3 is 24.1 Å². The van der Waals surface area contributed by atoms with Gasteiger partial charge in [0.05, 0.1) is 13.2 Å². The van der Waals surface area contributed by atoms with Gasteiger partial charge in [0, 0.05) is 0 Å². The highest BCUT2D eigenvalue weighted by molar-refractivity contribution is 6.74. The van der Waals surface area contributed by atoms with Crippen molar-refractivity contribution in [1.29, 1.82) is 0 Å². The molecule has 24 heavy (non-hydrogen) atoms. The molecular weight excluding hydrogens is 324 g/mol. The first-order valence-corrected chi connectivity index (χ1v) is 11.3. The molecule has 0 radical (unpaired) electrons. The first-order chi connectivity index (χ1) is 11.1. The molecule has 6 heteroatoms. The number of ether oxygens (including phenoxy) is 2. The smallest absolute Gasteiger partial charge is 0.192 e. The second kappa shape index (κ2) is 7.64. The highest BCUT2D eigenvalue weighted by Crippen LogP contribution is 2.37. The number of hydrogen-bond acceptors (Lipinski definition) is 5. The molecule has 2 N–H and O–H groups in total. The molecule has 1 aromatic rings. The van der Waals surface area contributed by atoms with E-state index in [0.29, 0.717) is 6.61 Å². The van der Waals surface area contributed by atoms with E-state index in [2.05, 4.69) is 33.9 Å². The van der Waals surface area contributed by atoms with E-state index in [4.69, 9.17) is 13.9 Å². The summed E-state index contributed by atoms with van der Waals surface area (Å²) in [5.41, 5.74) is 0.984. The van der Waals surface area contributed by atoms with Gasteiger partial charge in [0.1, 0.15) is 18.3 Å². The van der Waals surface area contributed by atoms with Crippen molar-refractivity contribution >= 4 is 8.32 Å². The van der Waals surface area contributed by atoms with Crippen molar-refractivity contribution in [2.45, 2.75) is 70.1 Å². The van der Waals surface area contributed by atoms with Crippen LogP contribution in [0.25, 0.3) is 0 Å². The van der Waals surface area contributed by atoms with Gasteiger partial charge in [0.25, 0.3) is 0 Å². The van der Waals surface area contributed by atoms with Crippen molar-refractivity contribution in [2.24, 2.45) is 0 Å². The zero-order valence-corrected chi connectivity index (χ0v) is 16.2. The molecule has 0 aromatic heterocycles. The third-order valence-electron chi connectivity index (χ3n) is 5.01. The highest BCUT2D eigenvalue weighted by atomic mass is 28.4. The average Bonchev–Trinajstić information content (AvgIpc) is 2.77. The monoisotopic (exact) mass is 354 g/mol. The summed E-state index contributed by atoms with van der Waals surface area (Å²) >= 11 is 0. The lowest BCUT2D eigenvalue weighted by Crippen LogP contribution is -2.44. The van der Waals surface area contributed by atoms with Gasteiger partial charge in [-0.3, -0.25) is 0 Å². The van der Waals surface area contributed by atoms with Gasteiger partial charge >= 0.3 is 0 Å². The highest BCUT2D eigenvalue weighted by Gasteiger charge is 2.45. The van der Waals surface area contributed by atoms with E-state index in [1.54, 1.807) is 0 Å². The van der Waals surface area contributed by atoms with E-state index in [-0.39, 0.29) is 11.6 Å². The zero-order chi connectivity index (χ0) is 18.0. The van der Waals surface area contributed by atoms with Crippen LogP contribution in [-0.2, 0) is 20.5 Å². The number of rotatable bonds is 6. The van der Waals surface area contributed by atoms with Gasteiger partial charge in [0.2, 0.25) is 0 Å². The van der Waals surface area contributed by atoms with Crippen molar-refractivity contribution in [3.8, 4) is 0 Å². The van der Waals surface area contributed by atoms with Gasteiger partial charge in [-0.1, -0.05) is 51.1 Å². The Morgan fingerprint density at radius 2 is 1.75 bits per heavy atom. The maximum atomic E-state index is 10.4. The first-order valence-electron chi connectivity index (χ1n) is 8.43. The molecule has 1 aliphatic heterocycles. The summed E-state index contributed by atoms with van der Waals surface area (Å²) in [5, 5.41) is 20.5. The molecule has 0 spiro atoms. The van der Waals surface area contributed by atoms with Crippen LogP contribution in [-0.4, -0.2) is 49.7 Å². The molecular formula is C18H30O5Si. The van der Waals surface area contributed by atoms with Crippen LogP contribution in [0.2, 0.25) is 18.1 Å². The maximum Gasteiger partial charge on any atom is 0.192 e. The molecule has 4 atom stereocenters. The minimum atomic E-state index is -1.93. The van der Waals surface area contributed by atoms with E-state index in [1.807, 2.05) is 30.3 Å². The third-order valence-corrected chi connectivity index (χ3v) is 9.51. The van der Waals surface area contributed by atoms with Gasteiger partial charge in [0.15, 0.2) is 14.6 Å². The van der Waals surface area contributed by atoms with Crippen LogP contribution in [0.3, 0.4) is 0 Å². The van der Waals surface area contributed by atoms with Gasteiger partial charge in [-0.25, -0.2) is 0 Å². The summed E-state index contributed by atoms with van der Waals surface area (Å²) in [6.45, 7) is 11.4. The summed E-state index contributed by atoms with van der Waals surface area (Å²) < 4.78 is 17.2. The molecule has 0 unspecified atom stereocenters. The molecule has 5 nitrogen and oxygen atoms in total. The Morgan fingerprint density at radius 1 is 1.12 bits per heavy atom. The minimum Gasteiger partial charge on any atom is -0.414 e. The largest absolute Gasteiger partial charge is 0.414 e. The van der Waals surface area contributed by atoms with Crippen LogP contribution in [0.5, 0.6) is 0 Å². The second-order valence-electron chi connectivity index (χ2n) is 7.89. The van der Waals surface area contributed by atoms with E-state index in [9.17, 15) is 10.2 Å². The lowest BCUT2D eigenvalue weighted by molar-refractivity contribution is -0.149. The molecule has 0 bridgehead atoms. The predicted molar refractivity (Wildman–Crippen MR) is 95.1 cm³/mol. The fraction of sp³-hybridized carbons (Fsp3) is 0.667. The summed E-state index contributed by atoms with van der Waals surface area (Å²) in [5.74, 6) is 0. The third kappa shape index (κ3) is 4.65. The van der Waals surface area contributed by atoms with Crippen LogP contribution in [0.15, 0.2) is 30.3 Å². The van der Waals surface area contributed by atoms with Crippen LogP contribution < -0.4 is 0 Å². The van der Waals surface area contributed by atoms with Gasteiger partial charge in [-0.05, 0) is 23.7 Å². The zero-order valence-electron chi connectivity index (χ0n) is 15.2. The van der Waals surface area contributed by atoms with Crippen molar-refractivity contribution in [3.63, 3.8) is 0 Å². The Morgan fingerprint density at radius 3 is 2.33 bits per heavy atom. The van der Waals surface area contributed by atoms with Crippen molar-refractivity contribution in [3.05, 3.63) is 35.9 Å². The fourth-order valence-electron chi connectivity index (χ4n) is 2.31. The van der Waals surface area contributed by atoms with Crippen molar-refractivity contribution < 1.29 is 24.1 Å². The fourth-order valence-corrected chi connectivity index (χ4v) is 3.32. The number of aliphatic hydroxyl groups excluding tert-OH is 2. The molecule has 0 aliphatic carbocycles. The maximum absolute atomic E-state index is 10.4. The normalized spacial score (nSPS) is 28.3. The minimum absolute atomic E-state index is 0.0817. The van der Waals surface area contributed by atoms with E-state index in [1.165, 1.54) is 0 Å². The Hall–Kier alpha value is -0.763. The Balaban J connectivity index is 1.89. The quantitative estimate of drug-likeness (QED) is 0.769. The van der Waals surface area contributed by atoms with Gasteiger partial charge in [-0.2, -0.15) is 0 Å².